The van der Waals surface area contributed by atoms with Crippen molar-refractivity contribution in [3.05, 3.63) is 11.6 Å². The summed E-state index contributed by atoms with van der Waals surface area (Å²) in [6.45, 7) is 13.7. The highest BCUT2D eigenvalue weighted by Gasteiger charge is 2.32. The maximum absolute atomic E-state index is 12.8. The molecule has 142 valence electrons. The molecule has 0 atom stereocenters. The third-order valence-electron chi connectivity index (χ3n) is 5.21. The van der Waals surface area contributed by atoms with E-state index < -0.39 is 0 Å². The second kappa shape index (κ2) is 7.61. The van der Waals surface area contributed by atoms with Crippen LogP contribution in [0.15, 0.2) is 11.6 Å². The van der Waals surface area contributed by atoms with Gasteiger partial charge in [0.2, 0.25) is 5.91 Å². The molecule has 4 nitrogen and oxygen atoms in total. The molecule has 0 bridgehead atoms. The van der Waals surface area contributed by atoms with Gasteiger partial charge in [-0.05, 0) is 58.4 Å². The summed E-state index contributed by atoms with van der Waals surface area (Å²) in [5.41, 5.74) is 0.695. The normalized spacial score (nSPS) is 25.5. The third-order valence-corrected chi connectivity index (χ3v) is 5.21. The summed E-state index contributed by atoms with van der Waals surface area (Å²) in [6.07, 6.45) is 6.77. The van der Waals surface area contributed by atoms with Crippen LogP contribution < -0.4 is 5.32 Å². The van der Waals surface area contributed by atoms with E-state index >= 15 is 0 Å². The van der Waals surface area contributed by atoms with Gasteiger partial charge in [0.15, 0.2) is 5.78 Å². The van der Waals surface area contributed by atoms with E-state index in [-0.39, 0.29) is 28.6 Å². The Labute approximate surface area is 153 Å². The molecule has 1 aliphatic carbocycles. The first kappa shape index (κ1) is 20.2. The molecule has 1 amide bonds. The summed E-state index contributed by atoms with van der Waals surface area (Å²) in [7, 11) is 0. The molecular weight excluding hydrogens is 312 g/mol. The zero-order valence-electron chi connectivity index (χ0n) is 16.9. The number of Topliss-reactive ketones (excluding diaryl/α,β-unsaturated/α-hetero) is 1. The van der Waals surface area contributed by atoms with Crippen LogP contribution in [0.2, 0.25) is 0 Å². The largest absolute Gasteiger partial charge is 0.338 e. The summed E-state index contributed by atoms with van der Waals surface area (Å²) >= 11 is 0. The number of hydrogen-bond donors (Lipinski definition) is 1. The number of carbonyl (C=O) groups is 2. The molecule has 1 aliphatic heterocycles. The molecule has 25 heavy (non-hydrogen) atoms. The lowest BCUT2D eigenvalue weighted by Gasteiger charge is -2.36. The van der Waals surface area contributed by atoms with Crippen LogP contribution in [0, 0.1) is 11.3 Å². The molecule has 0 spiro atoms. The summed E-state index contributed by atoms with van der Waals surface area (Å²) in [5, 5.41) is 3.66. The standard InChI is InChI=1S/C21H36N2O2/c1-20(2,3)18(24)15-11-13-23(14-12-15)19(25)16-7-9-17(10-8-16)22-21(4,5)6/h11,16-17,22H,7-10,12-14H2,1-6H3. The van der Waals surface area contributed by atoms with Gasteiger partial charge in [-0.15, -0.1) is 0 Å². The first-order valence-electron chi connectivity index (χ1n) is 9.78. The Morgan fingerprint density at radius 1 is 1.04 bits per heavy atom. The van der Waals surface area contributed by atoms with Gasteiger partial charge in [-0.3, -0.25) is 9.59 Å². The van der Waals surface area contributed by atoms with Crippen LogP contribution in [0.25, 0.3) is 0 Å². The Morgan fingerprint density at radius 2 is 1.64 bits per heavy atom. The van der Waals surface area contributed by atoms with Crippen molar-refractivity contribution < 1.29 is 9.59 Å². The first-order chi connectivity index (χ1) is 11.5. The minimum absolute atomic E-state index is 0.134. The summed E-state index contributed by atoms with van der Waals surface area (Å²) in [6, 6.07) is 0.529. The first-order valence-corrected chi connectivity index (χ1v) is 9.78. The van der Waals surface area contributed by atoms with Crippen LogP contribution in [0.5, 0.6) is 0 Å². The van der Waals surface area contributed by atoms with Gasteiger partial charge in [0.05, 0.1) is 0 Å². The van der Waals surface area contributed by atoms with Crippen molar-refractivity contribution in [2.45, 2.75) is 85.2 Å². The van der Waals surface area contributed by atoms with Gasteiger partial charge in [-0.1, -0.05) is 26.8 Å². The maximum Gasteiger partial charge on any atom is 0.225 e. The number of nitrogens with one attached hydrogen (secondary N) is 1. The number of rotatable bonds is 3. The Kier molecular flexibility index (Phi) is 6.13. The summed E-state index contributed by atoms with van der Waals surface area (Å²) in [5.74, 6) is 0.660. The average molecular weight is 349 g/mol. The highest BCUT2D eigenvalue weighted by molar-refractivity contribution is 5.99. The molecule has 1 saturated carbocycles. The van der Waals surface area contributed by atoms with Crippen molar-refractivity contribution in [1.82, 2.24) is 10.2 Å². The number of hydrogen-bond acceptors (Lipinski definition) is 3. The van der Waals surface area contributed by atoms with E-state index in [0.29, 0.717) is 25.6 Å². The van der Waals surface area contributed by atoms with E-state index in [1.54, 1.807) is 0 Å². The summed E-state index contributed by atoms with van der Waals surface area (Å²) in [4.78, 5) is 27.1. The van der Waals surface area contributed by atoms with E-state index in [9.17, 15) is 9.59 Å². The van der Waals surface area contributed by atoms with Crippen LogP contribution in [0.4, 0.5) is 0 Å². The molecule has 2 aliphatic rings. The molecule has 1 N–H and O–H groups in total. The molecule has 1 fully saturated rings. The number of amides is 1. The molecule has 0 unspecified atom stereocenters. The van der Waals surface area contributed by atoms with E-state index in [1.165, 1.54) is 0 Å². The highest BCUT2D eigenvalue weighted by Crippen LogP contribution is 2.29. The van der Waals surface area contributed by atoms with E-state index in [4.69, 9.17) is 0 Å². The molecule has 4 heteroatoms. The van der Waals surface area contributed by atoms with Crippen molar-refractivity contribution >= 4 is 11.7 Å². The van der Waals surface area contributed by atoms with Crippen molar-refractivity contribution in [3.8, 4) is 0 Å². The van der Waals surface area contributed by atoms with Crippen LogP contribution in [0.1, 0.15) is 73.6 Å². The molecule has 0 radical (unpaired) electrons. The Hall–Kier alpha value is -1.16. The predicted octanol–water partition coefficient (Wildman–Crippen LogP) is 3.71. The van der Waals surface area contributed by atoms with Crippen LogP contribution in [0.3, 0.4) is 0 Å². The van der Waals surface area contributed by atoms with Crippen molar-refractivity contribution in [2.24, 2.45) is 11.3 Å². The van der Waals surface area contributed by atoms with E-state index in [1.807, 2.05) is 31.7 Å². The SMILES string of the molecule is CC(C)(C)NC1CCC(C(=O)N2CC=C(C(=O)C(C)(C)C)CC2)CC1. The average Bonchev–Trinajstić information content (AvgIpc) is 2.52. The lowest BCUT2D eigenvalue weighted by molar-refractivity contribution is -0.136. The second-order valence-corrected chi connectivity index (χ2v) is 9.79. The number of nitrogens with zero attached hydrogens (tertiary/aromatic N) is 1. The monoisotopic (exact) mass is 348 g/mol. The Morgan fingerprint density at radius 3 is 2.08 bits per heavy atom. The van der Waals surface area contributed by atoms with Crippen molar-refractivity contribution in [3.63, 3.8) is 0 Å². The highest BCUT2D eigenvalue weighted by atomic mass is 16.2. The van der Waals surface area contributed by atoms with Crippen LogP contribution in [-0.2, 0) is 9.59 Å². The van der Waals surface area contributed by atoms with Gasteiger partial charge >= 0.3 is 0 Å². The molecule has 1 heterocycles. The van der Waals surface area contributed by atoms with Gasteiger partial charge in [0.25, 0.3) is 0 Å². The van der Waals surface area contributed by atoms with Gasteiger partial charge in [0, 0.05) is 36.0 Å². The Balaban J connectivity index is 1.85. The predicted molar refractivity (Wildman–Crippen MR) is 102 cm³/mol. The van der Waals surface area contributed by atoms with Crippen molar-refractivity contribution in [1.29, 1.82) is 0 Å². The molecule has 0 aromatic carbocycles. The fourth-order valence-electron chi connectivity index (χ4n) is 3.91. The summed E-state index contributed by atoms with van der Waals surface area (Å²) < 4.78 is 0. The maximum atomic E-state index is 12.8. The minimum atomic E-state index is -0.337. The van der Waals surface area contributed by atoms with E-state index in [2.05, 4.69) is 26.1 Å². The second-order valence-electron chi connectivity index (χ2n) is 9.79. The molecule has 0 aromatic rings. The minimum Gasteiger partial charge on any atom is -0.338 e. The quantitative estimate of drug-likeness (QED) is 0.846. The van der Waals surface area contributed by atoms with Crippen LogP contribution in [-0.4, -0.2) is 41.3 Å². The van der Waals surface area contributed by atoms with Crippen molar-refractivity contribution in [2.75, 3.05) is 13.1 Å². The van der Waals surface area contributed by atoms with Gasteiger partial charge in [-0.2, -0.15) is 0 Å². The zero-order valence-corrected chi connectivity index (χ0v) is 16.9. The van der Waals surface area contributed by atoms with Gasteiger partial charge in [0.1, 0.15) is 0 Å². The van der Waals surface area contributed by atoms with Crippen LogP contribution >= 0.6 is 0 Å². The fraction of sp³-hybridized carbons (Fsp3) is 0.810. The molecule has 2 rings (SSSR count). The molecule has 0 saturated heterocycles. The molecule has 0 aromatic heterocycles. The van der Waals surface area contributed by atoms with Gasteiger partial charge < -0.3 is 10.2 Å². The molecular formula is C21H36N2O2. The zero-order chi connectivity index (χ0) is 18.8. The number of ketones is 1. The Bertz CT molecular complexity index is 529. The fourth-order valence-corrected chi connectivity index (χ4v) is 3.91. The lowest BCUT2D eigenvalue weighted by Crippen LogP contribution is -2.47. The third kappa shape index (κ3) is 5.67. The number of carbonyl (C=O) groups excluding carboxylic acids is 2. The smallest absolute Gasteiger partial charge is 0.225 e. The topological polar surface area (TPSA) is 49.4 Å². The van der Waals surface area contributed by atoms with E-state index in [0.717, 1.165) is 31.3 Å². The van der Waals surface area contributed by atoms with Gasteiger partial charge in [-0.25, -0.2) is 0 Å². The lowest BCUT2D eigenvalue weighted by atomic mass is 9.82.